The number of nitrogens with zero attached hydrogens (tertiary/aromatic N) is 2. The van der Waals surface area contributed by atoms with E-state index in [0.29, 0.717) is 46.3 Å². The minimum atomic E-state index is -0.454. The Balaban J connectivity index is 0.00000600. The van der Waals surface area contributed by atoms with Crippen LogP contribution < -0.4 is 25.6 Å². The normalized spacial score (nSPS) is 10.8. The van der Waals surface area contributed by atoms with Gasteiger partial charge in [0.2, 0.25) is 11.8 Å². The van der Waals surface area contributed by atoms with Gasteiger partial charge >= 0.3 is 0 Å². The summed E-state index contributed by atoms with van der Waals surface area (Å²) < 4.78 is 11.4. The molecule has 0 saturated heterocycles. The zero-order valence-corrected chi connectivity index (χ0v) is 28.7. The van der Waals surface area contributed by atoms with E-state index in [1.54, 1.807) is 63.7 Å². The summed E-state index contributed by atoms with van der Waals surface area (Å²) in [6.45, 7) is 2.88. The van der Waals surface area contributed by atoms with Crippen molar-refractivity contribution in [1.82, 2.24) is 15.6 Å². The van der Waals surface area contributed by atoms with Crippen LogP contribution in [-0.2, 0) is 20.9 Å². The third-order valence-electron chi connectivity index (χ3n) is 7.07. The van der Waals surface area contributed by atoms with Crippen LogP contribution in [0, 0.1) is 6.92 Å². The molecule has 248 valence electrons. The van der Waals surface area contributed by atoms with Gasteiger partial charge in [-0.15, -0.1) is 12.4 Å². The van der Waals surface area contributed by atoms with Crippen molar-refractivity contribution in [3.05, 3.63) is 99.2 Å². The van der Waals surface area contributed by atoms with Crippen molar-refractivity contribution in [2.24, 2.45) is 0 Å². The molecule has 47 heavy (non-hydrogen) atoms. The molecular weight excluding hydrogens is 665 g/mol. The summed E-state index contributed by atoms with van der Waals surface area (Å²) in [5.41, 5.74) is 4.56. The fourth-order valence-corrected chi connectivity index (χ4v) is 5.17. The van der Waals surface area contributed by atoms with Crippen molar-refractivity contribution in [2.45, 2.75) is 13.5 Å². The van der Waals surface area contributed by atoms with Gasteiger partial charge in [-0.2, -0.15) is 0 Å². The fourth-order valence-electron chi connectivity index (χ4n) is 4.56. The molecule has 0 fully saturated rings. The number of halogens is 3. The summed E-state index contributed by atoms with van der Waals surface area (Å²) in [5.74, 6) is -0.495. The maximum absolute atomic E-state index is 13.0. The first-order valence-electron chi connectivity index (χ1n) is 14.4. The number of para-hydroxylation sites is 1. The van der Waals surface area contributed by atoms with Gasteiger partial charge in [0.1, 0.15) is 17.9 Å². The number of likely N-dealkylation sites (N-methyl/N-ethyl adjacent to an activating group) is 1. The lowest BCUT2D eigenvalue weighted by molar-refractivity contribution is -0.122. The predicted molar refractivity (Wildman–Crippen MR) is 190 cm³/mol. The van der Waals surface area contributed by atoms with Gasteiger partial charge in [-0.1, -0.05) is 47.5 Å². The standard InChI is InChI=1S/C34H35Cl2N5O5.ClH/c1-21-18-27(38-16-17-45-4)24-6-5-7-29(33(24)40-21)46-20-25-26(35)13-14-28(32(25)36)41(3)31(43)19-39-30(42)15-10-22-8-11-23(12-9-22)34(44)37-2;/h5-15,18H,16-17,19-20H2,1-4H3,(H,37,44)(H,38,40)(H,39,42);1H/b15-10+;. The Kier molecular flexibility index (Phi) is 13.8. The van der Waals surface area contributed by atoms with Gasteiger partial charge in [0.05, 0.1) is 23.9 Å². The lowest BCUT2D eigenvalue weighted by Gasteiger charge is -2.21. The number of ether oxygens (including phenoxy) is 2. The molecule has 0 aliphatic rings. The van der Waals surface area contributed by atoms with Gasteiger partial charge in [-0.25, -0.2) is 4.98 Å². The second-order valence-electron chi connectivity index (χ2n) is 10.2. The summed E-state index contributed by atoms with van der Waals surface area (Å²) in [4.78, 5) is 43.1. The lowest BCUT2D eigenvalue weighted by atomic mass is 10.1. The molecule has 0 atom stereocenters. The van der Waals surface area contributed by atoms with E-state index in [9.17, 15) is 14.4 Å². The molecule has 3 N–H and O–H groups in total. The van der Waals surface area contributed by atoms with E-state index in [4.69, 9.17) is 37.7 Å². The SMILES string of the molecule is CNC(=O)c1ccc(/C=C/C(=O)NCC(=O)N(C)c2ccc(Cl)c(COc3cccc4c(NCCOC)cc(C)nc34)c2Cl)cc1.Cl. The third kappa shape index (κ3) is 9.59. The number of nitrogens with one attached hydrogen (secondary N) is 3. The van der Waals surface area contributed by atoms with Crippen molar-refractivity contribution >= 4 is 81.7 Å². The molecule has 0 unspecified atom stereocenters. The van der Waals surface area contributed by atoms with E-state index in [2.05, 4.69) is 16.0 Å². The first-order chi connectivity index (χ1) is 22.1. The highest BCUT2D eigenvalue weighted by Crippen LogP contribution is 2.36. The summed E-state index contributed by atoms with van der Waals surface area (Å²) in [6, 6.07) is 17.7. The summed E-state index contributed by atoms with van der Waals surface area (Å²) in [6.07, 6.45) is 2.90. The van der Waals surface area contributed by atoms with Gasteiger partial charge in [0.15, 0.2) is 0 Å². The molecule has 1 heterocycles. The zero-order valence-electron chi connectivity index (χ0n) is 26.4. The molecule has 0 spiro atoms. The van der Waals surface area contributed by atoms with Gasteiger partial charge in [-0.3, -0.25) is 14.4 Å². The highest BCUT2D eigenvalue weighted by molar-refractivity contribution is 6.38. The van der Waals surface area contributed by atoms with Crippen LogP contribution in [0.1, 0.15) is 27.2 Å². The Labute approximate surface area is 289 Å². The smallest absolute Gasteiger partial charge is 0.251 e. The summed E-state index contributed by atoms with van der Waals surface area (Å²) in [7, 11) is 4.77. The van der Waals surface area contributed by atoms with Crippen molar-refractivity contribution in [1.29, 1.82) is 0 Å². The van der Waals surface area contributed by atoms with Crippen LogP contribution in [0.2, 0.25) is 10.0 Å². The Morgan fingerprint density at radius 3 is 2.49 bits per heavy atom. The van der Waals surface area contributed by atoms with Crippen LogP contribution in [-0.4, -0.2) is 63.6 Å². The number of hydrogen-bond acceptors (Lipinski definition) is 7. The van der Waals surface area contributed by atoms with Gasteiger partial charge in [-0.05, 0) is 55.0 Å². The van der Waals surface area contributed by atoms with E-state index >= 15 is 0 Å². The van der Waals surface area contributed by atoms with E-state index in [1.165, 1.54) is 11.0 Å². The molecular formula is C34H36Cl3N5O5. The van der Waals surface area contributed by atoms with E-state index in [1.807, 2.05) is 31.2 Å². The second kappa shape index (κ2) is 17.5. The molecule has 10 nitrogen and oxygen atoms in total. The van der Waals surface area contributed by atoms with Gasteiger partial charge < -0.3 is 30.3 Å². The lowest BCUT2D eigenvalue weighted by Crippen LogP contribution is -2.37. The quantitative estimate of drug-likeness (QED) is 0.115. The molecule has 3 aromatic carbocycles. The number of fused-ring (bicyclic) bond motifs is 1. The molecule has 1 aromatic heterocycles. The second-order valence-corrected chi connectivity index (χ2v) is 11.0. The maximum Gasteiger partial charge on any atom is 0.251 e. The summed E-state index contributed by atoms with van der Waals surface area (Å²) >= 11 is 13.3. The highest BCUT2D eigenvalue weighted by atomic mass is 35.5. The van der Waals surface area contributed by atoms with E-state index in [-0.39, 0.29) is 36.5 Å². The van der Waals surface area contributed by atoms with Crippen LogP contribution in [0.3, 0.4) is 0 Å². The Morgan fingerprint density at radius 2 is 1.79 bits per heavy atom. The maximum atomic E-state index is 13.0. The molecule has 0 aliphatic carbocycles. The number of carbonyl (C=O) groups excluding carboxylic acids is 3. The number of rotatable bonds is 13. The molecule has 0 aliphatic heterocycles. The van der Waals surface area contributed by atoms with Crippen molar-refractivity contribution in [3.8, 4) is 5.75 Å². The number of aryl methyl sites for hydroxylation is 1. The van der Waals surface area contributed by atoms with Crippen LogP contribution in [0.4, 0.5) is 11.4 Å². The minimum absolute atomic E-state index is 0. The average Bonchev–Trinajstić information content (AvgIpc) is 3.06. The molecule has 4 rings (SSSR count). The number of pyridine rings is 1. The number of hydrogen-bond donors (Lipinski definition) is 3. The number of carbonyl (C=O) groups is 3. The molecule has 0 radical (unpaired) electrons. The summed E-state index contributed by atoms with van der Waals surface area (Å²) in [5, 5.41) is 10.0. The van der Waals surface area contributed by atoms with Crippen molar-refractivity contribution in [2.75, 3.05) is 51.1 Å². The first-order valence-corrected chi connectivity index (χ1v) is 15.2. The number of aromatic nitrogens is 1. The number of methoxy groups -OCH3 is 1. The molecule has 4 aromatic rings. The topological polar surface area (TPSA) is 122 Å². The van der Waals surface area contributed by atoms with E-state index in [0.717, 1.165) is 22.3 Å². The Bertz CT molecular complexity index is 1770. The third-order valence-corrected chi connectivity index (χ3v) is 7.84. The molecule has 13 heteroatoms. The largest absolute Gasteiger partial charge is 0.487 e. The van der Waals surface area contributed by atoms with Crippen LogP contribution in [0.15, 0.2) is 66.7 Å². The number of benzene rings is 3. The van der Waals surface area contributed by atoms with Gasteiger partial charge in [0.25, 0.3) is 5.91 Å². The Hall–Kier alpha value is -4.35. The minimum Gasteiger partial charge on any atom is -0.487 e. The number of amides is 3. The molecule has 3 amide bonds. The zero-order chi connectivity index (χ0) is 33.2. The van der Waals surface area contributed by atoms with Crippen LogP contribution in [0.25, 0.3) is 17.0 Å². The molecule has 0 saturated carbocycles. The van der Waals surface area contributed by atoms with Crippen molar-refractivity contribution < 1.29 is 23.9 Å². The predicted octanol–water partition coefficient (Wildman–Crippen LogP) is 6.06. The fraction of sp³-hybridized carbons (Fsp3) is 0.235. The van der Waals surface area contributed by atoms with E-state index < -0.39 is 11.8 Å². The molecule has 0 bridgehead atoms. The van der Waals surface area contributed by atoms with Crippen molar-refractivity contribution in [3.63, 3.8) is 0 Å². The highest BCUT2D eigenvalue weighted by Gasteiger charge is 2.19. The van der Waals surface area contributed by atoms with Crippen LogP contribution in [0.5, 0.6) is 5.75 Å². The monoisotopic (exact) mass is 699 g/mol. The first kappa shape index (κ1) is 37.1. The Morgan fingerprint density at radius 1 is 1.04 bits per heavy atom. The number of anilines is 2. The van der Waals surface area contributed by atoms with Gasteiger partial charge in [0, 0.05) is 66.7 Å². The average molecular weight is 701 g/mol. The van der Waals surface area contributed by atoms with Crippen LogP contribution >= 0.6 is 35.6 Å².